The summed E-state index contributed by atoms with van der Waals surface area (Å²) < 4.78 is 10.5. The van der Waals surface area contributed by atoms with Gasteiger partial charge in [0, 0.05) is 13.1 Å². The number of ether oxygens (including phenoxy) is 2. The Bertz CT molecular complexity index is 929. The van der Waals surface area contributed by atoms with Gasteiger partial charge in [-0.3, -0.25) is 14.5 Å². The zero-order chi connectivity index (χ0) is 21.5. The summed E-state index contributed by atoms with van der Waals surface area (Å²) in [7, 11) is 3.18. The van der Waals surface area contributed by atoms with Gasteiger partial charge in [0.05, 0.1) is 31.9 Å². The molecule has 3 rings (SSSR count). The number of methoxy groups -OCH3 is 2. The Labute approximate surface area is 198 Å². The van der Waals surface area contributed by atoms with Crippen molar-refractivity contribution in [2.24, 2.45) is 10.7 Å². The number of fused-ring (bicyclic) bond motifs is 1. The molecule has 2 amide bonds. The summed E-state index contributed by atoms with van der Waals surface area (Å²) in [4.78, 5) is 30.3. The normalized spacial score (nSPS) is 13.0. The van der Waals surface area contributed by atoms with E-state index in [4.69, 9.17) is 15.2 Å². The van der Waals surface area contributed by atoms with E-state index in [1.54, 1.807) is 38.5 Å². The zero-order valence-electron chi connectivity index (χ0n) is 17.6. The number of aliphatic imine (C=N–C) groups is 1. The van der Waals surface area contributed by atoms with E-state index < -0.39 is 0 Å². The van der Waals surface area contributed by atoms with E-state index in [0.717, 1.165) is 12.0 Å². The molecule has 1 aliphatic rings. The Hall–Kier alpha value is -2.82. The second-order valence-corrected chi connectivity index (χ2v) is 6.83. The van der Waals surface area contributed by atoms with Crippen LogP contribution in [0, 0.1) is 0 Å². The van der Waals surface area contributed by atoms with E-state index >= 15 is 0 Å². The molecule has 0 aliphatic carbocycles. The average Bonchev–Trinajstić information content (AvgIpc) is 3.02. The third kappa shape index (κ3) is 5.87. The van der Waals surface area contributed by atoms with Crippen LogP contribution in [0.4, 0.5) is 0 Å². The standard InChI is InChI=1S/C22H26N4O4.HI/c1-29-18-10-9-15(13-19(18)30-2)14-25-22(23)24-11-5-6-12-26-20(27)16-7-3-4-8-17(16)21(26)28;/h3-4,7-10,13H,5-6,11-12,14H2,1-2H3,(H3,23,24,25);1H. The molecule has 8 nitrogen and oxygen atoms in total. The van der Waals surface area contributed by atoms with Crippen molar-refractivity contribution in [3.05, 3.63) is 59.2 Å². The summed E-state index contributed by atoms with van der Waals surface area (Å²) in [6.45, 7) is 1.40. The van der Waals surface area contributed by atoms with Crippen molar-refractivity contribution in [2.75, 3.05) is 27.3 Å². The number of nitrogens with zero attached hydrogens (tertiary/aromatic N) is 2. The van der Waals surface area contributed by atoms with Gasteiger partial charge in [0.1, 0.15) is 0 Å². The number of nitrogens with two attached hydrogens (primary N) is 1. The molecule has 0 radical (unpaired) electrons. The summed E-state index contributed by atoms with van der Waals surface area (Å²) in [6.07, 6.45) is 1.43. The summed E-state index contributed by atoms with van der Waals surface area (Å²) in [5, 5.41) is 3.05. The molecule has 0 spiro atoms. The molecule has 0 atom stereocenters. The molecular weight excluding hydrogens is 511 g/mol. The topological polar surface area (TPSA) is 106 Å². The molecule has 2 aromatic carbocycles. The Morgan fingerprint density at radius 3 is 2.26 bits per heavy atom. The molecule has 0 saturated carbocycles. The van der Waals surface area contributed by atoms with Crippen molar-refractivity contribution in [3.63, 3.8) is 0 Å². The van der Waals surface area contributed by atoms with E-state index in [1.807, 2.05) is 18.2 Å². The van der Waals surface area contributed by atoms with Crippen LogP contribution < -0.4 is 20.5 Å². The van der Waals surface area contributed by atoms with Gasteiger partial charge in [-0.25, -0.2) is 4.99 Å². The minimum Gasteiger partial charge on any atom is -0.493 e. The lowest BCUT2D eigenvalue weighted by Gasteiger charge is -2.13. The Balaban J connectivity index is 0.00000341. The van der Waals surface area contributed by atoms with E-state index in [2.05, 4.69) is 10.3 Å². The third-order valence-electron chi connectivity index (χ3n) is 4.87. The summed E-state index contributed by atoms with van der Waals surface area (Å²) in [6, 6.07) is 12.5. The molecule has 2 aromatic rings. The predicted molar refractivity (Wildman–Crippen MR) is 129 cm³/mol. The van der Waals surface area contributed by atoms with Crippen LogP contribution in [0.1, 0.15) is 39.1 Å². The second kappa shape index (κ2) is 11.5. The fraction of sp³-hybridized carbons (Fsp3) is 0.318. The Morgan fingerprint density at radius 2 is 1.65 bits per heavy atom. The fourth-order valence-corrected chi connectivity index (χ4v) is 3.26. The number of nitrogens with one attached hydrogen (secondary N) is 1. The largest absolute Gasteiger partial charge is 0.493 e. The Kier molecular flexibility index (Phi) is 9.10. The second-order valence-electron chi connectivity index (χ2n) is 6.83. The van der Waals surface area contributed by atoms with Crippen LogP contribution in [0.5, 0.6) is 11.5 Å². The molecule has 31 heavy (non-hydrogen) atoms. The first-order chi connectivity index (χ1) is 14.5. The minimum absolute atomic E-state index is 0. The highest BCUT2D eigenvalue weighted by Crippen LogP contribution is 2.27. The zero-order valence-corrected chi connectivity index (χ0v) is 19.9. The summed E-state index contributed by atoms with van der Waals surface area (Å²) in [5.74, 6) is 1.20. The number of carbonyl (C=O) groups excluding carboxylic acids is 2. The van der Waals surface area contributed by atoms with Gasteiger partial charge < -0.3 is 20.5 Å². The van der Waals surface area contributed by atoms with Crippen LogP contribution in [0.15, 0.2) is 47.5 Å². The highest BCUT2D eigenvalue weighted by Gasteiger charge is 2.34. The van der Waals surface area contributed by atoms with E-state index in [9.17, 15) is 9.59 Å². The number of guanidine groups is 1. The molecule has 9 heteroatoms. The van der Waals surface area contributed by atoms with Gasteiger partial charge in [0.2, 0.25) is 0 Å². The van der Waals surface area contributed by atoms with Gasteiger partial charge in [0.15, 0.2) is 17.5 Å². The van der Waals surface area contributed by atoms with Gasteiger partial charge >= 0.3 is 0 Å². The van der Waals surface area contributed by atoms with Gasteiger partial charge in [-0.15, -0.1) is 24.0 Å². The molecule has 0 aromatic heterocycles. The fourth-order valence-electron chi connectivity index (χ4n) is 3.26. The maximum atomic E-state index is 12.3. The highest BCUT2D eigenvalue weighted by atomic mass is 127. The molecule has 0 saturated heterocycles. The maximum absolute atomic E-state index is 12.3. The van der Waals surface area contributed by atoms with Crippen LogP contribution in [0.25, 0.3) is 0 Å². The predicted octanol–water partition coefficient (Wildman–Crippen LogP) is 2.80. The van der Waals surface area contributed by atoms with Gasteiger partial charge in [-0.05, 0) is 42.7 Å². The molecule has 0 fully saturated rings. The maximum Gasteiger partial charge on any atom is 0.261 e. The molecule has 1 heterocycles. The monoisotopic (exact) mass is 538 g/mol. The molecule has 3 N–H and O–H groups in total. The SMILES string of the molecule is COc1ccc(CN=C(N)NCCCCN2C(=O)c3ccccc3C2=O)cc1OC.I. The number of rotatable bonds is 9. The lowest BCUT2D eigenvalue weighted by molar-refractivity contribution is 0.0652. The van der Waals surface area contributed by atoms with Crippen molar-refractivity contribution >= 4 is 41.8 Å². The number of amides is 2. The molecular formula is C22H27IN4O4. The quantitative estimate of drug-likeness (QED) is 0.167. The van der Waals surface area contributed by atoms with Crippen LogP contribution in [-0.4, -0.2) is 50.0 Å². The van der Waals surface area contributed by atoms with Crippen LogP contribution >= 0.6 is 24.0 Å². The van der Waals surface area contributed by atoms with Crippen molar-refractivity contribution in [3.8, 4) is 11.5 Å². The Morgan fingerprint density at radius 1 is 1.00 bits per heavy atom. The van der Waals surface area contributed by atoms with Gasteiger partial charge in [-0.2, -0.15) is 0 Å². The van der Waals surface area contributed by atoms with Gasteiger partial charge in [-0.1, -0.05) is 18.2 Å². The van der Waals surface area contributed by atoms with Crippen LogP contribution in [0.3, 0.4) is 0 Å². The third-order valence-corrected chi connectivity index (χ3v) is 4.87. The number of halogens is 1. The number of hydrogen-bond acceptors (Lipinski definition) is 5. The number of unbranched alkanes of at least 4 members (excludes halogenated alkanes) is 1. The van der Waals surface area contributed by atoms with E-state index in [1.165, 1.54) is 4.90 Å². The number of imide groups is 1. The minimum atomic E-state index is -0.223. The smallest absolute Gasteiger partial charge is 0.261 e. The number of carbonyl (C=O) groups is 2. The van der Waals surface area contributed by atoms with Crippen molar-refractivity contribution in [2.45, 2.75) is 19.4 Å². The first-order valence-corrected chi connectivity index (χ1v) is 9.75. The van der Waals surface area contributed by atoms with Gasteiger partial charge in [0.25, 0.3) is 11.8 Å². The highest BCUT2D eigenvalue weighted by molar-refractivity contribution is 14.0. The van der Waals surface area contributed by atoms with Crippen molar-refractivity contribution in [1.29, 1.82) is 0 Å². The van der Waals surface area contributed by atoms with Crippen LogP contribution in [0.2, 0.25) is 0 Å². The molecule has 0 unspecified atom stereocenters. The van der Waals surface area contributed by atoms with E-state index in [-0.39, 0.29) is 35.8 Å². The molecule has 0 bridgehead atoms. The van der Waals surface area contributed by atoms with Crippen molar-refractivity contribution in [1.82, 2.24) is 10.2 Å². The van der Waals surface area contributed by atoms with E-state index in [0.29, 0.717) is 54.6 Å². The first kappa shape index (κ1) is 24.4. The summed E-state index contributed by atoms with van der Waals surface area (Å²) >= 11 is 0. The average molecular weight is 538 g/mol. The lowest BCUT2D eigenvalue weighted by Crippen LogP contribution is -2.34. The molecule has 166 valence electrons. The first-order valence-electron chi connectivity index (χ1n) is 9.75. The van der Waals surface area contributed by atoms with Crippen molar-refractivity contribution < 1.29 is 19.1 Å². The molecule has 1 aliphatic heterocycles. The van der Waals surface area contributed by atoms with Crippen LogP contribution in [-0.2, 0) is 6.54 Å². The lowest BCUT2D eigenvalue weighted by atomic mass is 10.1. The number of benzene rings is 2. The number of hydrogen-bond donors (Lipinski definition) is 2. The summed E-state index contributed by atoms with van der Waals surface area (Å²) in [5.41, 5.74) is 7.82.